The average Bonchev–Trinajstić information content (AvgIpc) is 2.22. The van der Waals surface area contributed by atoms with Gasteiger partial charge in [-0.15, -0.1) is 0 Å². The van der Waals surface area contributed by atoms with Gasteiger partial charge in [0, 0.05) is 5.56 Å². The topological polar surface area (TPSA) is 58.9 Å². The lowest BCUT2D eigenvalue weighted by Gasteiger charge is -2.22. The molecule has 1 rings (SSSR count). The highest BCUT2D eigenvalue weighted by molar-refractivity contribution is 5.69. The molecule has 0 unspecified atom stereocenters. The Morgan fingerprint density at radius 3 is 2.12 bits per heavy atom. The van der Waals surface area contributed by atoms with Gasteiger partial charge in [-0.05, 0) is 24.0 Å². The van der Waals surface area contributed by atoms with E-state index in [9.17, 15) is 9.59 Å². The maximum Gasteiger partial charge on any atom is 0.240 e. The number of rotatable bonds is 2. The molecule has 0 N–H and O–H groups in total. The van der Waals surface area contributed by atoms with Crippen LogP contribution in [0.4, 0.5) is 11.4 Å². The number of hydrogen-bond donors (Lipinski definition) is 0. The lowest BCUT2D eigenvalue weighted by Crippen LogP contribution is -2.11. The van der Waals surface area contributed by atoms with E-state index in [1.54, 1.807) is 19.1 Å². The van der Waals surface area contributed by atoms with E-state index in [1.807, 2.05) is 26.8 Å². The van der Waals surface area contributed by atoms with Gasteiger partial charge < -0.3 is 0 Å². The molecule has 0 aliphatic heterocycles. The summed E-state index contributed by atoms with van der Waals surface area (Å²) in [6.45, 7) is 7.83. The van der Waals surface area contributed by atoms with Crippen LogP contribution in [0.3, 0.4) is 0 Å². The molecule has 0 heterocycles. The molecule has 0 radical (unpaired) electrons. The van der Waals surface area contributed by atoms with Gasteiger partial charge in [0.25, 0.3) is 0 Å². The second-order valence-corrected chi connectivity index (χ2v) is 4.76. The first kappa shape index (κ1) is 13.0. The van der Waals surface area contributed by atoms with Gasteiger partial charge in [-0.3, -0.25) is 0 Å². The SMILES string of the molecule is Cc1c(N=C=O)ccc(C(C)(C)C)c1N=C=O. The molecule has 0 atom stereocenters. The zero-order chi connectivity index (χ0) is 13.1. The molecule has 0 aromatic heterocycles. The first-order valence-electron chi connectivity index (χ1n) is 5.21. The van der Waals surface area contributed by atoms with Gasteiger partial charge >= 0.3 is 0 Å². The Hall–Kier alpha value is -2.02. The third-order valence-electron chi connectivity index (χ3n) is 2.53. The third-order valence-corrected chi connectivity index (χ3v) is 2.53. The van der Waals surface area contributed by atoms with E-state index < -0.39 is 0 Å². The Kier molecular flexibility index (Phi) is 3.74. The molecule has 1 aromatic rings. The van der Waals surface area contributed by atoms with Crippen molar-refractivity contribution < 1.29 is 9.59 Å². The van der Waals surface area contributed by atoms with Crippen molar-refractivity contribution in [3.8, 4) is 0 Å². The van der Waals surface area contributed by atoms with Gasteiger partial charge in [0.1, 0.15) is 0 Å². The molecule has 4 heteroatoms. The van der Waals surface area contributed by atoms with Crippen molar-refractivity contribution in [2.45, 2.75) is 33.1 Å². The number of isocyanates is 2. The first-order chi connectivity index (χ1) is 7.91. The molecule has 0 aliphatic rings. The van der Waals surface area contributed by atoms with Gasteiger partial charge in [-0.1, -0.05) is 26.8 Å². The Bertz CT molecular complexity index is 529. The Morgan fingerprint density at radius 2 is 1.65 bits per heavy atom. The van der Waals surface area contributed by atoms with Crippen LogP contribution in [0.5, 0.6) is 0 Å². The minimum Gasteiger partial charge on any atom is -0.211 e. The maximum atomic E-state index is 10.5. The van der Waals surface area contributed by atoms with E-state index in [4.69, 9.17) is 0 Å². The van der Waals surface area contributed by atoms with Crippen molar-refractivity contribution in [2.24, 2.45) is 9.98 Å². The molecule has 4 nitrogen and oxygen atoms in total. The van der Waals surface area contributed by atoms with Crippen molar-refractivity contribution >= 4 is 23.5 Å². The molecule has 0 saturated carbocycles. The smallest absolute Gasteiger partial charge is 0.211 e. The van der Waals surface area contributed by atoms with Gasteiger partial charge in [0.15, 0.2) is 0 Å². The largest absolute Gasteiger partial charge is 0.240 e. The lowest BCUT2D eigenvalue weighted by molar-refractivity contribution is 0.564. The van der Waals surface area contributed by atoms with Gasteiger partial charge in [0.2, 0.25) is 12.2 Å². The Balaban J connectivity index is 3.61. The zero-order valence-corrected chi connectivity index (χ0v) is 10.4. The molecule has 1 aromatic carbocycles. The highest BCUT2D eigenvalue weighted by Crippen LogP contribution is 2.38. The number of nitrogens with zero attached hydrogens (tertiary/aromatic N) is 2. The van der Waals surface area contributed by atoms with Crippen LogP contribution < -0.4 is 0 Å². The van der Waals surface area contributed by atoms with E-state index in [0.717, 1.165) is 5.56 Å². The molecule has 0 bridgehead atoms. The van der Waals surface area contributed by atoms with Crippen LogP contribution in [-0.2, 0) is 15.0 Å². The van der Waals surface area contributed by atoms with E-state index >= 15 is 0 Å². The number of benzene rings is 1. The fraction of sp³-hybridized carbons (Fsp3) is 0.385. The Labute approximate surface area is 100 Å². The average molecular weight is 230 g/mol. The van der Waals surface area contributed by atoms with Crippen LogP contribution >= 0.6 is 0 Å². The van der Waals surface area contributed by atoms with Gasteiger partial charge in [0.05, 0.1) is 11.4 Å². The fourth-order valence-corrected chi connectivity index (χ4v) is 1.65. The minimum atomic E-state index is -0.149. The molecule has 17 heavy (non-hydrogen) atoms. The van der Waals surface area contributed by atoms with Crippen LogP contribution in [-0.4, -0.2) is 12.2 Å². The quantitative estimate of drug-likeness (QED) is 0.578. The molecule has 0 aliphatic carbocycles. The van der Waals surface area contributed by atoms with Crippen molar-refractivity contribution in [2.75, 3.05) is 0 Å². The molecule has 0 spiro atoms. The zero-order valence-electron chi connectivity index (χ0n) is 10.4. The number of carbonyl (C=O) groups excluding carboxylic acids is 2. The van der Waals surface area contributed by atoms with Crippen LogP contribution in [0.2, 0.25) is 0 Å². The van der Waals surface area contributed by atoms with Crippen molar-refractivity contribution in [3.63, 3.8) is 0 Å². The molecular formula is C13H14N2O2. The summed E-state index contributed by atoms with van der Waals surface area (Å²) in [7, 11) is 0. The standard InChI is InChI=1S/C13H14N2O2/c1-9-11(14-7-16)6-5-10(13(2,3)4)12(9)15-8-17/h5-6H,1-4H3. The molecule has 0 fully saturated rings. The monoisotopic (exact) mass is 230 g/mol. The van der Waals surface area contributed by atoms with Crippen LogP contribution in [0.25, 0.3) is 0 Å². The highest BCUT2D eigenvalue weighted by Gasteiger charge is 2.20. The van der Waals surface area contributed by atoms with Crippen molar-refractivity contribution in [1.82, 2.24) is 0 Å². The highest BCUT2D eigenvalue weighted by atomic mass is 16.1. The minimum absolute atomic E-state index is 0.149. The predicted octanol–water partition coefficient (Wildman–Crippen LogP) is 3.23. The molecule has 0 amide bonds. The normalized spacial score (nSPS) is 10.4. The molecule has 88 valence electrons. The molecular weight excluding hydrogens is 216 g/mol. The van der Waals surface area contributed by atoms with E-state index in [0.29, 0.717) is 16.9 Å². The van der Waals surface area contributed by atoms with Gasteiger partial charge in [-0.25, -0.2) is 9.59 Å². The second-order valence-electron chi connectivity index (χ2n) is 4.76. The van der Waals surface area contributed by atoms with Crippen molar-refractivity contribution in [1.29, 1.82) is 0 Å². The summed E-state index contributed by atoms with van der Waals surface area (Å²) >= 11 is 0. The summed E-state index contributed by atoms with van der Waals surface area (Å²) in [6, 6.07) is 3.55. The summed E-state index contributed by atoms with van der Waals surface area (Å²) in [5.74, 6) is 0. The van der Waals surface area contributed by atoms with E-state index in [1.165, 1.54) is 6.08 Å². The second kappa shape index (κ2) is 4.88. The number of hydrogen-bond acceptors (Lipinski definition) is 4. The summed E-state index contributed by atoms with van der Waals surface area (Å²) in [5.41, 5.74) is 2.46. The predicted molar refractivity (Wildman–Crippen MR) is 65.4 cm³/mol. The van der Waals surface area contributed by atoms with Crippen LogP contribution in [0.15, 0.2) is 22.1 Å². The summed E-state index contributed by atoms with van der Waals surface area (Å²) < 4.78 is 0. The van der Waals surface area contributed by atoms with Crippen LogP contribution in [0, 0.1) is 6.92 Å². The fourth-order valence-electron chi connectivity index (χ4n) is 1.65. The Morgan fingerprint density at radius 1 is 1.06 bits per heavy atom. The van der Waals surface area contributed by atoms with E-state index in [-0.39, 0.29) is 5.41 Å². The van der Waals surface area contributed by atoms with Crippen molar-refractivity contribution in [3.05, 3.63) is 23.3 Å². The molecule has 0 saturated heterocycles. The van der Waals surface area contributed by atoms with Gasteiger partial charge in [-0.2, -0.15) is 9.98 Å². The summed E-state index contributed by atoms with van der Waals surface area (Å²) in [4.78, 5) is 28.1. The van der Waals surface area contributed by atoms with Crippen LogP contribution in [0.1, 0.15) is 31.9 Å². The first-order valence-corrected chi connectivity index (χ1v) is 5.21. The third kappa shape index (κ3) is 2.76. The maximum absolute atomic E-state index is 10.5. The summed E-state index contributed by atoms with van der Waals surface area (Å²) in [5, 5.41) is 0. The lowest BCUT2D eigenvalue weighted by atomic mass is 9.84. The summed E-state index contributed by atoms with van der Waals surface area (Å²) in [6.07, 6.45) is 3.03. The van der Waals surface area contributed by atoms with E-state index in [2.05, 4.69) is 9.98 Å². The number of aliphatic imine (C=N–C) groups is 2.